The molecular formula is C37H66O2. The van der Waals surface area contributed by atoms with Crippen LogP contribution in [0.4, 0.5) is 0 Å². The van der Waals surface area contributed by atoms with Crippen LogP contribution in [0.3, 0.4) is 0 Å². The van der Waals surface area contributed by atoms with Crippen LogP contribution in [0.25, 0.3) is 0 Å². The minimum Gasteiger partial charge on any atom is -0.472 e. The van der Waals surface area contributed by atoms with Crippen molar-refractivity contribution in [1.29, 1.82) is 0 Å². The lowest BCUT2D eigenvalue weighted by molar-refractivity contribution is 0.516. The molecular weight excluding hydrogens is 476 g/mol. The first-order chi connectivity index (χ1) is 19.0. The Balaban J connectivity index is -0.000000120. The molecule has 0 radical (unpaired) electrons. The summed E-state index contributed by atoms with van der Waals surface area (Å²) in [6.45, 7) is 35.7. The largest absolute Gasteiger partial charge is 0.472 e. The lowest BCUT2D eigenvalue weighted by Gasteiger charge is -2.25. The number of rotatable bonds is 4. The van der Waals surface area contributed by atoms with Gasteiger partial charge in [-0.1, -0.05) is 146 Å². The molecule has 0 fully saturated rings. The average Bonchev–Trinajstić information content (AvgIpc) is 3.77. The standard InChI is InChI=1S/C9H10.2C6H8O.C6H10.5C2H6/c1-7-6-8-4-2-3-5-9(7)8;1-2-6-3-4-7-5-6;1-2-6-4-3-5-7-6;1-4-6(3)5-2;5*1-2/h2-5,7H,6H2,1H3;2*3-5H,2H2,1H3;4H,1,3,5H2,2H3;5*1-2H3. The fourth-order valence-electron chi connectivity index (χ4n) is 2.66. The normalized spacial score (nSPS) is 10.5. The Kier molecular flexibility index (Phi) is 47.0. The molecule has 1 aliphatic rings. The molecule has 0 amide bonds. The minimum atomic E-state index is 0.821. The molecule has 2 heteroatoms. The van der Waals surface area contributed by atoms with E-state index in [0.29, 0.717) is 0 Å². The molecule has 0 spiro atoms. The number of benzene rings is 1. The van der Waals surface area contributed by atoms with E-state index in [9.17, 15) is 0 Å². The van der Waals surface area contributed by atoms with Gasteiger partial charge in [0, 0.05) is 6.42 Å². The van der Waals surface area contributed by atoms with Gasteiger partial charge in [0.25, 0.3) is 0 Å². The summed E-state index contributed by atoms with van der Waals surface area (Å²) in [5.74, 6) is 1.88. The first-order valence-corrected chi connectivity index (χ1v) is 15.5. The summed E-state index contributed by atoms with van der Waals surface area (Å²) >= 11 is 0. The average molecular weight is 543 g/mol. The number of allylic oxidation sites excluding steroid dienone is 2. The van der Waals surface area contributed by atoms with E-state index in [2.05, 4.69) is 65.1 Å². The van der Waals surface area contributed by atoms with Crippen molar-refractivity contribution in [2.24, 2.45) is 0 Å². The summed E-state index contributed by atoms with van der Waals surface area (Å²) in [6, 6.07) is 14.5. The third-order valence-corrected chi connectivity index (χ3v) is 4.77. The van der Waals surface area contributed by atoms with Gasteiger partial charge in [-0.3, -0.25) is 0 Å². The maximum absolute atomic E-state index is 4.98. The molecule has 1 atom stereocenters. The molecule has 226 valence electrons. The van der Waals surface area contributed by atoms with Crippen LogP contribution >= 0.6 is 0 Å². The smallest absolute Gasteiger partial charge is 0.103 e. The summed E-state index contributed by atoms with van der Waals surface area (Å²) in [5.41, 5.74) is 5.47. The lowest BCUT2D eigenvalue weighted by atomic mass is 9.79. The van der Waals surface area contributed by atoms with Crippen LogP contribution < -0.4 is 0 Å². The lowest BCUT2D eigenvalue weighted by Crippen LogP contribution is -2.12. The van der Waals surface area contributed by atoms with Crippen molar-refractivity contribution in [3.05, 3.63) is 109 Å². The van der Waals surface area contributed by atoms with Crippen LogP contribution in [0.15, 0.2) is 94.9 Å². The van der Waals surface area contributed by atoms with Crippen LogP contribution in [-0.2, 0) is 19.3 Å². The molecule has 0 bridgehead atoms. The van der Waals surface area contributed by atoms with E-state index in [4.69, 9.17) is 8.83 Å². The first kappa shape index (κ1) is 46.1. The summed E-state index contributed by atoms with van der Waals surface area (Å²) in [6.07, 6.45) is 11.3. The number of fused-ring (bicyclic) bond motifs is 1. The molecule has 3 aromatic rings. The quantitative estimate of drug-likeness (QED) is 0.306. The number of hydrogen-bond donors (Lipinski definition) is 0. The highest BCUT2D eigenvalue weighted by atomic mass is 16.3. The zero-order valence-electron chi connectivity index (χ0n) is 28.5. The molecule has 1 aliphatic carbocycles. The summed E-state index contributed by atoms with van der Waals surface area (Å²) in [5, 5.41) is 0. The van der Waals surface area contributed by atoms with Crippen molar-refractivity contribution in [2.75, 3.05) is 0 Å². The van der Waals surface area contributed by atoms with Gasteiger partial charge in [0.2, 0.25) is 0 Å². The van der Waals surface area contributed by atoms with Gasteiger partial charge in [-0.05, 0) is 60.1 Å². The van der Waals surface area contributed by atoms with Crippen LogP contribution in [-0.4, -0.2) is 0 Å². The van der Waals surface area contributed by atoms with Crippen LogP contribution in [0.5, 0.6) is 0 Å². The van der Waals surface area contributed by atoms with E-state index < -0.39 is 0 Å². The van der Waals surface area contributed by atoms with E-state index in [1.54, 1.807) is 36.0 Å². The highest BCUT2D eigenvalue weighted by Crippen LogP contribution is 2.33. The first-order valence-electron chi connectivity index (χ1n) is 15.5. The van der Waals surface area contributed by atoms with Gasteiger partial charge >= 0.3 is 0 Å². The fourth-order valence-corrected chi connectivity index (χ4v) is 2.66. The van der Waals surface area contributed by atoms with Crippen LogP contribution in [0.2, 0.25) is 0 Å². The number of aryl methyl sites for hydroxylation is 2. The molecule has 0 N–H and O–H groups in total. The van der Waals surface area contributed by atoms with E-state index in [-0.39, 0.29) is 0 Å². The zero-order chi connectivity index (χ0) is 31.5. The SMILES string of the molecule is C=CC(=C)CC.CC.CC.CC.CC.CC.CC1Cc2ccccc21.CCc1ccco1.CCc1ccoc1. The second-order valence-electron chi connectivity index (χ2n) is 6.94. The second-order valence-corrected chi connectivity index (χ2v) is 6.94. The van der Waals surface area contributed by atoms with Crippen LogP contribution in [0.1, 0.15) is 132 Å². The molecule has 2 aromatic heterocycles. The van der Waals surface area contributed by atoms with Crippen molar-refractivity contribution in [2.45, 2.75) is 129 Å². The highest BCUT2D eigenvalue weighted by molar-refractivity contribution is 5.38. The Labute approximate surface area is 245 Å². The maximum Gasteiger partial charge on any atom is 0.103 e. The molecule has 2 heterocycles. The van der Waals surface area contributed by atoms with Crippen molar-refractivity contribution in [3.63, 3.8) is 0 Å². The number of furan rings is 2. The van der Waals surface area contributed by atoms with Crippen molar-refractivity contribution in [3.8, 4) is 0 Å². The molecule has 39 heavy (non-hydrogen) atoms. The van der Waals surface area contributed by atoms with Crippen molar-refractivity contribution in [1.82, 2.24) is 0 Å². The van der Waals surface area contributed by atoms with Gasteiger partial charge in [-0.25, -0.2) is 0 Å². The molecule has 4 rings (SSSR count). The van der Waals surface area contributed by atoms with Crippen LogP contribution in [0, 0.1) is 0 Å². The van der Waals surface area contributed by atoms with Gasteiger partial charge in [0.15, 0.2) is 0 Å². The molecule has 1 unspecified atom stereocenters. The highest BCUT2D eigenvalue weighted by Gasteiger charge is 2.19. The molecule has 0 saturated heterocycles. The summed E-state index contributed by atoms with van der Waals surface area (Å²) < 4.78 is 9.79. The molecule has 2 nitrogen and oxygen atoms in total. The summed E-state index contributed by atoms with van der Waals surface area (Å²) in [7, 11) is 0. The van der Waals surface area contributed by atoms with E-state index >= 15 is 0 Å². The maximum atomic E-state index is 4.98. The second kappa shape index (κ2) is 39.8. The monoisotopic (exact) mass is 543 g/mol. The van der Waals surface area contributed by atoms with Gasteiger partial charge in [0.1, 0.15) is 5.76 Å². The molecule has 1 aromatic carbocycles. The molecule has 0 aliphatic heterocycles. The minimum absolute atomic E-state index is 0.821. The van der Waals surface area contributed by atoms with Gasteiger partial charge in [0.05, 0.1) is 18.8 Å². The Hall–Kier alpha value is -2.74. The zero-order valence-corrected chi connectivity index (χ0v) is 28.5. The van der Waals surface area contributed by atoms with Gasteiger partial charge in [-0.15, -0.1) is 0 Å². The third kappa shape index (κ3) is 26.6. The molecule has 0 saturated carbocycles. The van der Waals surface area contributed by atoms with Crippen molar-refractivity contribution >= 4 is 0 Å². The Bertz CT molecular complexity index is 762. The Morgan fingerprint density at radius 2 is 1.36 bits per heavy atom. The van der Waals surface area contributed by atoms with E-state index in [1.165, 1.54) is 12.0 Å². The fraction of sp³-hybridized carbons (Fsp3) is 0.514. The van der Waals surface area contributed by atoms with Gasteiger partial charge in [-0.2, -0.15) is 0 Å². The van der Waals surface area contributed by atoms with E-state index in [1.807, 2.05) is 87.4 Å². The van der Waals surface area contributed by atoms with E-state index in [0.717, 1.165) is 36.5 Å². The number of hydrogen-bond acceptors (Lipinski definition) is 2. The van der Waals surface area contributed by atoms with Crippen molar-refractivity contribution < 1.29 is 8.83 Å². The topological polar surface area (TPSA) is 26.3 Å². The summed E-state index contributed by atoms with van der Waals surface area (Å²) in [4.78, 5) is 0. The predicted molar refractivity (Wildman–Crippen MR) is 181 cm³/mol. The predicted octanol–water partition coefficient (Wildman–Crippen LogP) is 13.3. The van der Waals surface area contributed by atoms with Gasteiger partial charge < -0.3 is 8.83 Å². The Morgan fingerprint density at radius 3 is 1.59 bits per heavy atom. The Morgan fingerprint density at radius 1 is 0.795 bits per heavy atom. The third-order valence-electron chi connectivity index (χ3n) is 4.77.